The molecule has 0 aliphatic heterocycles. The van der Waals surface area contributed by atoms with Crippen molar-refractivity contribution in [1.82, 2.24) is 24.6 Å². The van der Waals surface area contributed by atoms with Gasteiger partial charge in [-0.15, -0.1) is 0 Å². The molecule has 5 heteroatoms. The van der Waals surface area contributed by atoms with Gasteiger partial charge in [0.1, 0.15) is 5.82 Å². The van der Waals surface area contributed by atoms with E-state index in [2.05, 4.69) is 26.9 Å². The zero-order chi connectivity index (χ0) is 11.4. The first-order chi connectivity index (χ1) is 7.79. The second-order valence-electron chi connectivity index (χ2n) is 3.77. The van der Waals surface area contributed by atoms with Crippen molar-refractivity contribution >= 4 is 0 Å². The summed E-state index contributed by atoms with van der Waals surface area (Å²) in [5.74, 6) is 1.06. The van der Waals surface area contributed by atoms with Crippen molar-refractivity contribution in [2.75, 3.05) is 6.54 Å². The number of aromatic nitrogens is 4. The molecule has 86 valence electrons. The lowest BCUT2D eigenvalue weighted by Crippen LogP contribution is -2.16. The Balaban J connectivity index is 2.06. The maximum atomic E-state index is 4.33. The number of rotatable bonds is 5. The average molecular weight is 219 g/mol. The van der Waals surface area contributed by atoms with Gasteiger partial charge in [0.05, 0.1) is 19.3 Å². The molecule has 0 saturated carbocycles. The van der Waals surface area contributed by atoms with E-state index in [0.29, 0.717) is 0 Å². The van der Waals surface area contributed by atoms with Gasteiger partial charge in [0.15, 0.2) is 0 Å². The van der Waals surface area contributed by atoms with Crippen LogP contribution < -0.4 is 5.32 Å². The molecule has 2 heterocycles. The van der Waals surface area contributed by atoms with Crippen molar-refractivity contribution in [1.29, 1.82) is 0 Å². The fourth-order valence-electron chi connectivity index (χ4n) is 1.64. The molecule has 2 rings (SSSR count). The Labute approximate surface area is 95.1 Å². The van der Waals surface area contributed by atoms with Crippen LogP contribution in [0.1, 0.15) is 18.3 Å². The molecule has 16 heavy (non-hydrogen) atoms. The predicted molar refractivity (Wildman–Crippen MR) is 61.9 cm³/mol. The molecule has 2 aromatic heterocycles. The summed E-state index contributed by atoms with van der Waals surface area (Å²) in [6, 6.07) is 0. The Bertz CT molecular complexity index is 443. The molecule has 0 saturated heterocycles. The summed E-state index contributed by atoms with van der Waals surface area (Å²) in [7, 11) is 1.93. The minimum absolute atomic E-state index is 0.809. The SMILES string of the molecule is CCNCc1nccn1Cc1cnn(C)c1. The maximum absolute atomic E-state index is 4.33. The first-order valence-electron chi connectivity index (χ1n) is 5.48. The summed E-state index contributed by atoms with van der Waals surface area (Å²) in [6.07, 6.45) is 7.75. The van der Waals surface area contributed by atoms with Crippen LogP contribution in [-0.2, 0) is 20.1 Å². The van der Waals surface area contributed by atoms with Crippen molar-refractivity contribution < 1.29 is 0 Å². The van der Waals surface area contributed by atoms with Crippen LogP contribution in [0.4, 0.5) is 0 Å². The van der Waals surface area contributed by atoms with Gasteiger partial charge in [-0.05, 0) is 6.54 Å². The van der Waals surface area contributed by atoms with E-state index in [9.17, 15) is 0 Å². The molecular weight excluding hydrogens is 202 g/mol. The Morgan fingerprint density at radius 1 is 1.44 bits per heavy atom. The summed E-state index contributed by atoms with van der Waals surface area (Å²) >= 11 is 0. The third-order valence-electron chi connectivity index (χ3n) is 2.45. The zero-order valence-electron chi connectivity index (χ0n) is 9.72. The third-order valence-corrected chi connectivity index (χ3v) is 2.45. The van der Waals surface area contributed by atoms with Crippen LogP contribution in [0.3, 0.4) is 0 Å². The molecule has 0 fully saturated rings. The Morgan fingerprint density at radius 2 is 2.31 bits per heavy atom. The zero-order valence-corrected chi connectivity index (χ0v) is 9.72. The minimum Gasteiger partial charge on any atom is -0.329 e. The third kappa shape index (κ3) is 2.49. The fraction of sp³-hybridized carbons (Fsp3) is 0.455. The van der Waals surface area contributed by atoms with Gasteiger partial charge in [0.25, 0.3) is 0 Å². The highest BCUT2D eigenvalue weighted by atomic mass is 15.2. The fourth-order valence-corrected chi connectivity index (χ4v) is 1.64. The Kier molecular flexibility index (Phi) is 3.36. The monoisotopic (exact) mass is 219 g/mol. The molecule has 0 bridgehead atoms. The van der Waals surface area contributed by atoms with Crippen LogP contribution in [0, 0.1) is 0 Å². The standard InChI is InChI=1S/C11H17N5/c1-3-12-7-11-13-4-5-16(11)9-10-6-14-15(2)8-10/h4-6,8,12H,3,7,9H2,1-2H3. The van der Waals surface area contributed by atoms with Gasteiger partial charge in [-0.2, -0.15) is 5.10 Å². The van der Waals surface area contributed by atoms with Crippen molar-refractivity contribution in [3.63, 3.8) is 0 Å². The lowest BCUT2D eigenvalue weighted by Gasteiger charge is -2.06. The summed E-state index contributed by atoms with van der Waals surface area (Å²) in [5, 5.41) is 7.43. The molecule has 0 aromatic carbocycles. The molecule has 2 aromatic rings. The number of nitrogens with zero attached hydrogens (tertiary/aromatic N) is 4. The first-order valence-corrected chi connectivity index (χ1v) is 5.48. The molecule has 0 radical (unpaired) electrons. The van der Waals surface area contributed by atoms with Gasteiger partial charge in [-0.25, -0.2) is 4.98 Å². The summed E-state index contributed by atoms with van der Waals surface area (Å²) < 4.78 is 3.95. The molecule has 0 unspecified atom stereocenters. The van der Waals surface area contributed by atoms with Crippen LogP contribution in [0.2, 0.25) is 0 Å². The molecule has 0 amide bonds. The van der Waals surface area contributed by atoms with Gasteiger partial charge in [-0.3, -0.25) is 4.68 Å². The van der Waals surface area contributed by atoms with Crippen LogP contribution in [0.5, 0.6) is 0 Å². The van der Waals surface area contributed by atoms with E-state index in [1.54, 1.807) is 0 Å². The number of aryl methyl sites for hydroxylation is 1. The van der Waals surface area contributed by atoms with Crippen LogP contribution in [0.15, 0.2) is 24.8 Å². The molecular formula is C11H17N5. The van der Waals surface area contributed by atoms with E-state index >= 15 is 0 Å². The topological polar surface area (TPSA) is 47.7 Å². The molecule has 0 atom stereocenters. The molecule has 1 N–H and O–H groups in total. The van der Waals surface area contributed by atoms with Crippen molar-refractivity contribution in [3.05, 3.63) is 36.2 Å². The highest BCUT2D eigenvalue weighted by Crippen LogP contribution is 2.04. The van der Waals surface area contributed by atoms with E-state index in [1.807, 2.05) is 36.5 Å². The van der Waals surface area contributed by atoms with Gasteiger partial charge in [0, 0.05) is 31.2 Å². The first kappa shape index (κ1) is 10.9. The van der Waals surface area contributed by atoms with E-state index in [0.717, 1.165) is 25.5 Å². The normalized spacial score (nSPS) is 10.9. The van der Waals surface area contributed by atoms with Gasteiger partial charge in [0.2, 0.25) is 0 Å². The lowest BCUT2D eigenvalue weighted by molar-refractivity contribution is 0.639. The van der Waals surface area contributed by atoms with Gasteiger partial charge in [-0.1, -0.05) is 6.92 Å². The Hall–Kier alpha value is -1.62. The molecule has 0 aliphatic carbocycles. The second-order valence-corrected chi connectivity index (χ2v) is 3.77. The number of hydrogen-bond acceptors (Lipinski definition) is 3. The largest absolute Gasteiger partial charge is 0.329 e. The highest BCUT2D eigenvalue weighted by Gasteiger charge is 2.03. The van der Waals surface area contributed by atoms with Gasteiger partial charge < -0.3 is 9.88 Å². The smallest absolute Gasteiger partial charge is 0.122 e. The van der Waals surface area contributed by atoms with E-state index in [4.69, 9.17) is 0 Å². The summed E-state index contributed by atoms with van der Waals surface area (Å²) in [6.45, 7) is 4.69. The molecule has 5 nitrogen and oxygen atoms in total. The molecule has 0 aliphatic rings. The van der Waals surface area contributed by atoms with E-state index < -0.39 is 0 Å². The highest BCUT2D eigenvalue weighted by molar-refractivity contribution is 5.06. The van der Waals surface area contributed by atoms with Crippen LogP contribution in [-0.4, -0.2) is 25.9 Å². The summed E-state index contributed by atoms with van der Waals surface area (Å²) in [4.78, 5) is 4.33. The number of hydrogen-bond donors (Lipinski definition) is 1. The quantitative estimate of drug-likeness (QED) is 0.808. The number of nitrogens with one attached hydrogen (secondary N) is 1. The second kappa shape index (κ2) is 4.94. The Morgan fingerprint density at radius 3 is 3.00 bits per heavy atom. The van der Waals surface area contributed by atoms with Crippen molar-refractivity contribution in [2.24, 2.45) is 7.05 Å². The lowest BCUT2D eigenvalue weighted by atomic mass is 10.3. The van der Waals surface area contributed by atoms with E-state index in [1.165, 1.54) is 5.56 Å². The minimum atomic E-state index is 0.809. The van der Waals surface area contributed by atoms with Crippen LogP contribution in [0.25, 0.3) is 0 Å². The van der Waals surface area contributed by atoms with Crippen molar-refractivity contribution in [3.8, 4) is 0 Å². The van der Waals surface area contributed by atoms with Crippen LogP contribution >= 0.6 is 0 Å². The molecule has 0 spiro atoms. The average Bonchev–Trinajstić information content (AvgIpc) is 2.86. The predicted octanol–water partition coefficient (Wildman–Crippen LogP) is 0.774. The van der Waals surface area contributed by atoms with Crippen molar-refractivity contribution in [2.45, 2.75) is 20.0 Å². The van der Waals surface area contributed by atoms with Gasteiger partial charge >= 0.3 is 0 Å². The maximum Gasteiger partial charge on any atom is 0.122 e. The van der Waals surface area contributed by atoms with E-state index in [-0.39, 0.29) is 0 Å². The number of imidazole rings is 1. The summed E-state index contributed by atoms with van der Waals surface area (Å²) in [5.41, 5.74) is 1.19.